The molecule has 0 spiro atoms. The minimum Gasteiger partial charge on any atom is -0.504 e. The van der Waals surface area contributed by atoms with Gasteiger partial charge in [-0.05, 0) is 19.1 Å². The Labute approximate surface area is 159 Å². The van der Waals surface area contributed by atoms with Crippen molar-refractivity contribution in [2.75, 3.05) is 13.2 Å². The van der Waals surface area contributed by atoms with Crippen LogP contribution < -0.4 is 19.6 Å². The van der Waals surface area contributed by atoms with Crippen LogP contribution >= 0.6 is 0 Å². The molecule has 0 saturated heterocycles. The third-order valence-electron chi connectivity index (χ3n) is 3.78. The number of para-hydroxylation sites is 2. The van der Waals surface area contributed by atoms with Crippen molar-refractivity contribution < 1.29 is 29.0 Å². The van der Waals surface area contributed by atoms with E-state index in [1.54, 1.807) is 31.2 Å². The van der Waals surface area contributed by atoms with Crippen LogP contribution in [-0.4, -0.2) is 41.5 Å². The van der Waals surface area contributed by atoms with Crippen molar-refractivity contribution in [3.63, 3.8) is 0 Å². The topological polar surface area (TPSA) is 133 Å². The van der Waals surface area contributed by atoms with Gasteiger partial charge in [-0.3, -0.25) is 14.9 Å². The summed E-state index contributed by atoms with van der Waals surface area (Å²) in [7, 11) is 0. The summed E-state index contributed by atoms with van der Waals surface area (Å²) in [6.07, 6.45) is 0.171. The minimum absolute atomic E-state index is 0.00884. The summed E-state index contributed by atoms with van der Waals surface area (Å²) >= 11 is 0. The third-order valence-corrected chi connectivity index (χ3v) is 3.78. The summed E-state index contributed by atoms with van der Waals surface area (Å²) in [6, 6.07) is 9.16. The molecule has 1 amide bonds. The zero-order chi connectivity index (χ0) is 20.1. The van der Waals surface area contributed by atoms with Crippen LogP contribution in [0.2, 0.25) is 0 Å². The first kappa shape index (κ1) is 19.0. The molecule has 1 heterocycles. The zero-order valence-electron chi connectivity index (χ0n) is 14.8. The summed E-state index contributed by atoms with van der Waals surface area (Å²) in [5.74, 6) is 0.0398. The first-order valence-corrected chi connectivity index (χ1v) is 8.35. The average molecular weight is 387 g/mol. The van der Waals surface area contributed by atoms with E-state index in [-0.39, 0.29) is 36.0 Å². The van der Waals surface area contributed by atoms with Crippen LogP contribution in [0.3, 0.4) is 0 Å². The molecule has 0 unspecified atom stereocenters. The molecule has 0 aliphatic carbocycles. The number of phenolic OH excluding ortho intramolecular Hbond substituents is 1. The number of carbonyl (C=O) groups excluding carboxylic acids is 1. The van der Waals surface area contributed by atoms with Crippen molar-refractivity contribution >= 4 is 17.8 Å². The molecule has 1 aliphatic rings. The molecule has 0 saturated carbocycles. The number of nitrogens with one attached hydrogen (secondary N) is 1. The van der Waals surface area contributed by atoms with Crippen LogP contribution in [0.15, 0.2) is 41.5 Å². The SMILES string of the molecule is CCOc1cc([N+](=O)[O-])cc(/C=N/NC(=O)[C@H]2COc3ccccc3O2)c1O. The number of fused-ring (bicyclic) bond motifs is 1. The van der Waals surface area contributed by atoms with Gasteiger partial charge in [-0.15, -0.1) is 0 Å². The van der Waals surface area contributed by atoms with Crippen LogP contribution in [0.5, 0.6) is 23.0 Å². The van der Waals surface area contributed by atoms with Crippen LogP contribution in [0, 0.1) is 10.1 Å². The normalized spacial score (nSPS) is 15.2. The summed E-state index contributed by atoms with van der Waals surface area (Å²) in [5.41, 5.74) is 2.00. The second kappa shape index (κ2) is 8.25. The number of nitro benzene ring substituents is 1. The standard InChI is InChI=1S/C18H17N3O7/c1-2-26-15-8-12(21(24)25)7-11(17(15)22)9-19-20-18(23)16-10-27-13-5-3-4-6-14(13)28-16/h3-9,16,22H,2,10H2,1H3,(H,20,23)/b19-9+/t16-/m1/s1. The Hall–Kier alpha value is -3.82. The molecular weight excluding hydrogens is 370 g/mol. The van der Waals surface area contributed by atoms with Gasteiger partial charge in [-0.1, -0.05) is 12.1 Å². The number of benzene rings is 2. The van der Waals surface area contributed by atoms with E-state index in [9.17, 15) is 20.0 Å². The number of hydrazone groups is 1. The molecule has 0 aromatic heterocycles. The lowest BCUT2D eigenvalue weighted by molar-refractivity contribution is -0.385. The van der Waals surface area contributed by atoms with Crippen LogP contribution in [0.25, 0.3) is 0 Å². The number of hydrogen-bond donors (Lipinski definition) is 2. The molecule has 2 N–H and O–H groups in total. The van der Waals surface area contributed by atoms with Crippen molar-refractivity contribution in [1.82, 2.24) is 5.43 Å². The molecule has 0 radical (unpaired) electrons. The maximum absolute atomic E-state index is 12.2. The monoisotopic (exact) mass is 387 g/mol. The number of non-ortho nitro benzene ring substituents is 1. The van der Waals surface area contributed by atoms with E-state index in [0.717, 1.165) is 18.3 Å². The number of nitrogens with zero attached hydrogens (tertiary/aromatic N) is 2. The third kappa shape index (κ3) is 4.11. The van der Waals surface area contributed by atoms with E-state index in [0.29, 0.717) is 11.5 Å². The quantitative estimate of drug-likeness (QED) is 0.440. The molecule has 10 nitrogen and oxygen atoms in total. The average Bonchev–Trinajstić information content (AvgIpc) is 2.70. The molecule has 2 aromatic carbocycles. The van der Waals surface area contributed by atoms with Gasteiger partial charge in [0.15, 0.2) is 23.0 Å². The summed E-state index contributed by atoms with van der Waals surface area (Å²) in [4.78, 5) is 22.6. The Balaban J connectivity index is 1.70. The molecule has 2 aromatic rings. The van der Waals surface area contributed by atoms with E-state index in [1.165, 1.54) is 0 Å². The highest BCUT2D eigenvalue weighted by molar-refractivity contribution is 5.88. The van der Waals surface area contributed by atoms with Gasteiger partial charge < -0.3 is 19.3 Å². The Morgan fingerprint density at radius 1 is 1.43 bits per heavy atom. The summed E-state index contributed by atoms with van der Waals surface area (Å²) < 4.78 is 16.2. The molecule has 28 heavy (non-hydrogen) atoms. The molecule has 3 rings (SSSR count). The van der Waals surface area contributed by atoms with E-state index in [2.05, 4.69) is 10.5 Å². The predicted octanol–water partition coefficient (Wildman–Crippen LogP) is 1.99. The predicted molar refractivity (Wildman–Crippen MR) is 98.0 cm³/mol. The second-order valence-electron chi connectivity index (χ2n) is 5.67. The number of nitro groups is 1. The van der Waals surface area contributed by atoms with E-state index >= 15 is 0 Å². The number of phenols is 1. The van der Waals surface area contributed by atoms with E-state index < -0.39 is 16.9 Å². The highest BCUT2D eigenvalue weighted by Crippen LogP contribution is 2.34. The van der Waals surface area contributed by atoms with Crippen LogP contribution in [-0.2, 0) is 4.79 Å². The van der Waals surface area contributed by atoms with Gasteiger partial charge in [0, 0.05) is 11.6 Å². The second-order valence-corrected chi connectivity index (χ2v) is 5.67. The Bertz CT molecular complexity index is 929. The van der Waals surface area contributed by atoms with Crippen molar-refractivity contribution in [2.45, 2.75) is 13.0 Å². The molecule has 0 bridgehead atoms. The number of ether oxygens (including phenoxy) is 3. The minimum atomic E-state index is -0.912. The number of aromatic hydroxyl groups is 1. The number of hydrogen-bond acceptors (Lipinski definition) is 8. The van der Waals surface area contributed by atoms with Crippen LogP contribution in [0.1, 0.15) is 12.5 Å². The summed E-state index contributed by atoms with van der Waals surface area (Å²) in [5, 5.41) is 24.9. The van der Waals surface area contributed by atoms with Crippen LogP contribution in [0.4, 0.5) is 5.69 Å². The fourth-order valence-corrected chi connectivity index (χ4v) is 2.47. The molecule has 1 atom stereocenters. The van der Waals surface area contributed by atoms with E-state index in [4.69, 9.17) is 14.2 Å². The molecule has 10 heteroatoms. The maximum atomic E-state index is 12.2. The fraction of sp³-hybridized carbons (Fsp3) is 0.222. The Morgan fingerprint density at radius 2 is 2.18 bits per heavy atom. The van der Waals surface area contributed by atoms with Gasteiger partial charge in [0.05, 0.1) is 23.8 Å². The summed E-state index contributed by atoms with van der Waals surface area (Å²) in [6.45, 7) is 1.90. The lowest BCUT2D eigenvalue weighted by atomic mass is 10.1. The smallest absolute Gasteiger partial charge is 0.284 e. The number of amides is 1. The van der Waals surface area contributed by atoms with Gasteiger partial charge in [0.2, 0.25) is 6.10 Å². The van der Waals surface area contributed by atoms with Gasteiger partial charge in [0.1, 0.15) is 6.61 Å². The van der Waals surface area contributed by atoms with E-state index in [1.807, 2.05) is 0 Å². The molecular formula is C18H17N3O7. The van der Waals surface area contributed by atoms with Gasteiger partial charge in [0.25, 0.3) is 11.6 Å². The maximum Gasteiger partial charge on any atom is 0.284 e. The molecule has 0 fully saturated rings. The Kier molecular flexibility index (Phi) is 5.58. The van der Waals surface area contributed by atoms with Gasteiger partial charge >= 0.3 is 0 Å². The van der Waals surface area contributed by atoms with Gasteiger partial charge in [-0.25, -0.2) is 5.43 Å². The van der Waals surface area contributed by atoms with Crippen molar-refractivity contribution in [3.05, 3.63) is 52.1 Å². The molecule has 146 valence electrons. The zero-order valence-corrected chi connectivity index (χ0v) is 14.8. The molecule has 1 aliphatic heterocycles. The van der Waals surface area contributed by atoms with Crippen molar-refractivity contribution in [3.8, 4) is 23.0 Å². The fourth-order valence-electron chi connectivity index (χ4n) is 2.47. The number of rotatable bonds is 6. The Morgan fingerprint density at radius 3 is 2.89 bits per heavy atom. The largest absolute Gasteiger partial charge is 0.504 e. The van der Waals surface area contributed by atoms with Crippen molar-refractivity contribution in [1.29, 1.82) is 0 Å². The lowest BCUT2D eigenvalue weighted by Crippen LogP contribution is -2.42. The number of carbonyl (C=O) groups is 1. The lowest BCUT2D eigenvalue weighted by Gasteiger charge is -2.24. The highest BCUT2D eigenvalue weighted by atomic mass is 16.6. The highest BCUT2D eigenvalue weighted by Gasteiger charge is 2.27. The van der Waals surface area contributed by atoms with Crippen molar-refractivity contribution in [2.24, 2.45) is 5.10 Å². The first-order valence-electron chi connectivity index (χ1n) is 8.35. The van der Waals surface area contributed by atoms with Gasteiger partial charge in [-0.2, -0.15) is 5.10 Å². The first-order chi connectivity index (χ1) is 13.5.